The molecule has 1 aromatic rings. The molecule has 2 rings (SSSR count). The van der Waals surface area contributed by atoms with Crippen LogP contribution >= 0.6 is 0 Å². The molecule has 1 saturated heterocycles. The number of anilines is 1. The molecule has 0 spiro atoms. The van der Waals surface area contributed by atoms with Gasteiger partial charge in [0.25, 0.3) is 0 Å². The minimum atomic E-state index is -0.888. The maximum atomic E-state index is 11.1. The zero-order chi connectivity index (χ0) is 12.3. The summed E-state index contributed by atoms with van der Waals surface area (Å²) < 4.78 is 10.2. The number of hydrogen-bond acceptors (Lipinski definition) is 5. The number of ether oxygens (including phenoxy) is 2. The number of rotatable bonds is 3. The fourth-order valence-electron chi connectivity index (χ4n) is 1.81. The van der Waals surface area contributed by atoms with Crippen LogP contribution in [-0.2, 0) is 9.53 Å². The summed E-state index contributed by atoms with van der Waals surface area (Å²) in [5, 5.41) is 9.13. The largest absolute Gasteiger partial charge is 0.481 e. The van der Waals surface area contributed by atoms with Gasteiger partial charge in [0.1, 0.15) is 0 Å². The summed E-state index contributed by atoms with van der Waals surface area (Å²) in [5.74, 6) is -0.418. The number of nitrogens with zero attached hydrogens (tertiary/aromatic N) is 2. The molecule has 0 saturated carbocycles. The molecular weight excluding hydrogens is 224 g/mol. The van der Waals surface area contributed by atoms with Crippen LogP contribution in [0.1, 0.15) is 0 Å². The predicted molar refractivity (Wildman–Crippen MR) is 60.4 cm³/mol. The lowest BCUT2D eigenvalue weighted by Crippen LogP contribution is -2.50. The third-order valence-electron chi connectivity index (χ3n) is 2.67. The molecule has 1 aliphatic rings. The third kappa shape index (κ3) is 2.47. The Hall–Kier alpha value is -1.82. The normalized spacial score (nSPS) is 20.1. The van der Waals surface area contributed by atoms with Crippen LogP contribution < -0.4 is 9.64 Å². The van der Waals surface area contributed by atoms with Gasteiger partial charge in [0.05, 0.1) is 20.3 Å². The quantitative estimate of drug-likeness (QED) is 0.820. The first kappa shape index (κ1) is 11.7. The first-order chi connectivity index (χ1) is 8.22. The van der Waals surface area contributed by atoms with Crippen molar-refractivity contribution >= 4 is 11.7 Å². The van der Waals surface area contributed by atoms with Gasteiger partial charge in [-0.2, -0.15) is 0 Å². The highest BCUT2D eigenvalue weighted by Gasteiger charge is 2.29. The Kier molecular flexibility index (Phi) is 3.43. The fourth-order valence-corrected chi connectivity index (χ4v) is 1.81. The smallest absolute Gasteiger partial charge is 0.328 e. The second-order valence-electron chi connectivity index (χ2n) is 3.68. The van der Waals surface area contributed by atoms with E-state index in [1.165, 1.54) is 7.11 Å². The number of aliphatic carboxylic acids is 1. The van der Waals surface area contributed by atoms with E-state index in [-0.39, 0.29) is 6.61 Å². The van der Waals surface area contributed by atoms with Crippen molar-refractivity contribution < 1.29 is 19.4 Å². The Morgan fingerprint density at radius 2 is 2.53 bits per heavy atom. The maximum absolute atomic E-state index is 11.1. The molecule has 6 nitrogen and oxygen atoms in total. The molecule has 0 bridgehead atoms. The number of aromatic nitrogens is 1. The van der Waals surface area contributed by atoms with Crippen LogP contribution in [0.15, 0.2) is 18.3 Å². The van der Waals surface area contributed by atoms with Gasteiger partial charge in [0, 0.05) is 24.5 Å². The van der Waals surface area contributed by atoms with E-state index in [9.17, 15) is 4.79 Å². The molecule has 0 aliphatic carbocycles. The highest BCUT2D eigenvalue weighted by Crippen LogP contribution is 2.22. The Labute approximate surface area is 98.8 Å². The van der Waals surface area contributed by atoms with Gasteiger partial charge in [0.2, 0.25) is 5.88 Å². The van der Waals surface area contributed by atoms with Gasteiger partial charge >= 0.3 is 5.97 Å². The summed E-state index contributed by atoms with van der Waals surface area (Å²) in [7, 11) is 1.53. The van der Waals surface area contributed by atoms with Gasteiger partial charge in [-0.3, -0.25) is 0 Å². The number of methoxy groups -OCH3 is 1. The molecule has 92 valence electrons. The standard InChI is InChI=1S/C11H14N2O4/c1-16-10-6-8(2-3-12-10)13-4-5-17-7-9(13)11(14)15/h2-3,6,9H,4-5,7H2,1H3,(H,14,15). The van der Waals surface area contributed by atoms with Crippen LogP contribution in [0.3, 0.4) is 0 Å². The lowest BCUT2D eigenvalue weighted by molar-refractivity contribution is -0.141. The van der Waals surface area contributed by atoms with Crippen molar-refractivity contribution in [3.8, 4) is 5.88 Å². The zero-order valence-corrected chi connectivity index (χ0v) is 9.50. The third-order valence-corrected chi connectivity index (χ3v) is 2.67. The molecule has 1 aromatic heterocycles. The molecule has 0 radical (unpaired) electrons. The molecule has 1 atom stereocenters. The van der Waals surface area contributed by atoms with Gasteiger partial charge in [-0.05, 0) is 6.07 Å². The highest BCUT2D eigenvalue weighted by atomic mass is 16.5. The average molecular weight is 238 g/mol. The summed E-state index contributed by atoms with van der Waals surface area (Å²) in [6.45, 7) is 1.26. The molecule has 6 heteroatoms. The van der Waals surface area contributed by atoms with E-state index in [2.05, 4.69) is 4.98 Å². The second-order valence-corrected chi connectivity index (χ2v) is 3.68. The summed E-state index contributed by atoms with van der Waals surface area (Å²) in [4.78, 5) is 16.9. The number of pyridine rings is 1. The van der Waals surface area contributed by atoms with Crippen molar-refractivity contribution in [3.63, 3.8) is 0 Å². The predicted octanol–water partition coefficient (Wildman–Crippen LogP) is 0.380. The fraction of sp³-hybridized carbons (Fsp3) is 0.455. The van der Waals surface area contributed by atoms with Crippen molar-refractivity contribution in [1.82, 2.24) is 4.98 Å². The summed E-state index contributed by atoms with van der Waals surface area (Å²) in [6, 6.07) is 2.83. The van der Waals surface area contributed by atoms with Crippen molar-refractivity contribution in [3.05, 3.63) is 18.3 Å². The molecule has 1 unspecified atom stereocenters. The highest BCUT2D eigenvalue weighted by molar-refractivity contribution is 5.78. The molecule has 1 N–H and O–H groups in total. The number of morpholine rings is 1. The average Bonchev–Trinajstić information content (AvgIpc) is 2.39. The van der Waals surface area contributed by atoms with Gasteiger partial charge in [0.15, 0.2) is 6.04 Å². The van der Waals surface area contributed by atoms with Gasteiger partial charge in [-0.15, -0.1) is 0 Å². The second kappa shape index (κ2) is 5.01. The van der Waals surface area contributed by atoms with E-state index in [1.54, 1.807) is 23.2 Å². The van der Waals surface area contributed by atoms with E-state index in [1.807, 2.05) is 0 Å². The zero-order valence-electron chi connectivity index (χ0n) is 9.50. The Morgan fingerprint density at radius 3 is 3.24 bits per heavy atom. The lowest BCUT2D eigenvalue weighted by atomic mass is 10.2. The summed E-state index contributed by atoms with van der Waals surface area (Å²) >= 11 is 0. The van der Waals surface area contributed by atoms with E-state index in [0.29, 0.717) is 19.0 Å². The number of carbonyl (C=O) groups is 1. The lowest BCUT2D eigenvalue weighted by Gasteiger charge is -2.34. The molecule has 1 fully saturated rings. The monoisotopic (exact) mass is 238 g/mol. The van der Waals surface area contributed by atoms with Crippen LogP contribution in [0, 0.1) is 0 Å². The van der Waals surface area contributed by atoms with E-state index in [0.717, 1.165) is 5.69 Å². The van der Waals surface area contributed by atoms with E-state index >= 15 is 0 Å². The van der Waals surface area contributed by atoms with Gasteiger partial charge in [-0.1, -0.05) is 0 Å². The Morgan fingerprint density at radius 1 is 1.71 bits per heavy atom. The topological polar surface area (TPSA) is 71.9 Å². The van der Waals surface area contributed by atoms with Crippen LogP contribution in [0.2, 0.25) is 0 Å². The van der Waals surface area contributed by atoms with Crippen molar-refractivity contribution in [2.45, 2.75) is 6.04 Å². The maximum Gasteiger partial charge on any atom is 0.328 e. The molecule has 1 aliphatic heterocycles. The summed E-state index contributed by atoms with van der Waals surface area (Å²) in [6.07, 6.45) is 1.60. The Bertz CT molecular complexity index is 410. The minimum absolute atomic E-state index is 0.194. The van der Waals surface area contributed by atoms with Crippen LogP contribution in [0.5, 0.6) is 5.88 Å². The van der Waals surface area contributed by atoms with Crippen molar-refractivity contribution in [2.24, 2.45) is 0 Å². The van der Waals surface area contributed by atoms with Gasteiger partial charge in [-0.25, -0.2) is 9.78 Å². The number of hydrogen-bond donors (Lipinski definition) is 1. The van der Waals surface area contributed by atoms with E-state index in [4.69, 9.17) is 14.6 Å². The summed E-state index contributed by atoms with van der Waals surface area (Å²) in [5.41, 5.74) is 0.785. The van der Waals surface area contributed by atoms with E-state index < -0.39 is 12.0 Å². The number of carboxylic acid groups (broad SMARTS) is 1. The molecular formula is C11H14N2O4. The Balaban J connectivity index is 2.26. The molecule has 17 heavy (non-hydrogen) atoms. The molecule has 0 amide bonds. The molecule has 2 heterocycles. The van der Waals surface area contributed by atoms with Gasteiger partial charge < -0.3 is 19.5 Å². The SMILES string of the molecule is COc1cc(N2CCOCC2C(=O)O)ccn1. The first-order valence-electron chi connectivity index (χ1n) is 5.29. The van der Waals surface area contributed by atoms with Crippen LogP contribution in [0.4, 0.5) is 5.69 Å². The van der Waals surface area contributed by atoms with Crippen LogP contribution in [-0.4, -0.2) is 49.0 Å². The minimum Gasteiger partial charge on any atom is -0.481 e. The molecule has 0 aromatic carbocycles. The van der Waals surface area contributed by atoms with Crippen molar-refractivity contribution in [1.29, 1.82) is 0 Å². The van der Waals surface area contributed by atoms with Crippen LogP contribution in [0.25, 0.3) is 0 Å². The number of carboxylic acids is 1. The first-order valence-corrected chi connectivity index (χ1v) is 5.29. The van der Waals surface area contributed by atoms with Crippen molar-refractivity contribution in [2.75, 3.05) is 31.8 Å².